The van der Waals surface area contributed by atoms with Gasteiger partial charge in [-0.2, -0.15) is 5.26 Å². The van der Waals surface area contributed by atoms with Crippen molar-refractivity contribution < 1.29 is 0 Å². The molecule has 5 aromatic carbocycles. The molecular formula is C37H38N2. The van der Waals surface area contributed by atoms with E-state index in [0.717, 1.165) is 35.5 Å². The van der Waals surface area contributed by atoms with Crippen molar-refractivity contribution in [2.75, 3.05) is 4.90 Å². The molecule has 39 heavy (non-hydrogen) atoms. The summed E-state index contributed by atoms with van der Waals surface area (Å²) in [6, 6.07) is 48.3. The summed E-state index contributed by atoms with van der Waals surface area (Å²) < 4.78 is 0. The van der Waals surface area contributed by atoms with Gasteiger partial charge in [0.15, 0.2) is 0 Å². The van der Waals surface area contributed by atoms with Crippen LogP contribution in [0.2, 0.25) is 0 Å². The molecule has 0 aliphatic carbocycles. The lowest BCUT2D eigenvalue weighted by Gasteiger charge is -2.25. The molecule has 0 unspecified atom stereocenters. The third kappa shape index (κ3) is 8.45. The highest BCUT2D eigenvalue weighted by atomic mass is 15.1. The van der Waals surface area contributed by atoms with E-state index in [1.54, 1.807) is 0 Å². The Labute approximate surface area is 234 Å². The summed E-state index contributed by atoms with van der Waals surface area (Å²) >= 11 is 0. The number of para-hydroxylation sites is 1. The minimum atomic E-state index is 0.760. The average Bonchev–Trinajstić information content (AvgIpc) is 3.01. The van der Waals surface area contributed by atoms with Crippen LogP contribution in [0.25, 0.3) is 11.1 Å². The van der Waals surface area contributed by atoms with Gasteiger partial charge >= 0.3 is 0 Å². The number of aryl methyl sites for hydroxylation is 2. The summed E-state index contributed by atoms with van der Waals surface area (Å²) in [5.41, 5.74) is 9.22. The van der Waals surface area contributed by atoms with Gasteiger partial charge in [0.1, 0.15) is 0 Å². The van der Waals surface area contributed by atoms with E-state index in [-0.39, 0.29) is 0 Å². The third-order valence-corrected chi connectivity index (χ3v) is 6.13. The zero-order chi connectivity index (χ0) is 27.9. The Kier molecular flexibility index (Phi) is 11.6. The Morgan fingerprint density at radius 3 is 1.67 bits per heavy atom. The van der Waals surface area contributed by atoms with Gasteiger partial charge in [-0.05, 0) is 78.6 Å². The fourth-order valence-electron chi connectivity index (χ4n) is 4.24. The molecule has 0 saturated carbocycles. The van der Waals surface area contributed by atoms with Crippen LogP contribution >= 0.6 is 0 Å². The highest BCUT2D eigenvalue weighted by Gasteiger charge is 2.12. The molecule has 0 amide bonds. The maximum absolute atomic E-state index is 8.58. The first-order chi connectivity index (χ1) is 19.2. The van der Waals surface area contributed by atoms with E-state index in [0.29, 0.717) is 0 Å². The first-order valence-corrected chi connectivity index (χ1v) is 13.7. The van der Waals surface area contributed by atoms with Crippen LogP contribution in [0.15, 0.2) is 133 Å². The van der Waals surface area contributed by atoms with Crippen molar-refractivity contribution >= 4 is 17.1 Å². The van der Waals surface area contributed by atoms with Gasteiger partial charge < -0.3 is 4.90 Å². The van der Waals surface area contributed by atoms with Gasteiger partial charge in [-0.15, -0.1) is 0 Å². The number of hydrogen-bond acceptors (Lipinski definition) is 2. The Hall–Kier alpha value is -4.61. The number of nitrogens with zero attached hydrogens (tertiary/aromatic N) is 2. The van der Waals surface area contributed by atoms with E-state index >= 15 is 0 Å². The smallest absolute Gasteiger partial charge is 0.0991 e. The van der Waals surface area contributed by atoms with Crippen LogP contribution in [0.1, 0.15) is 43.9 Å². The first kappa shape index (κ1) is 29.0. The molecule has 0 atom stereocenters. The van der Waals surface area contributed by atoms with E-state index < -0.39 is 0 Å². The maximum Gasteiger partial charge on any atom is 0.0991 e. The molecule has 5 aromatic rings. The topological polar surface area (TPSA) is 27.0 Å². The molecule has 0 bridgehead atoms. The van der Waals surface area contributed by atoms with Crippen LogP contribution in [0, 0.1) is 18.3 Å². The highest BCUT2D eigenvalue weighted by Crippen LogP contribution is 2.35. The van der Waals surface area contributed by atoms with Gasteiger partial charge in [0, 0.05) is 17.1 Å². The predicted octanol–water partition coefficient (Wildman–Crippen LogP) is 10.7. The van der Waals surface area contributed by atoms with Crippen LogP contribution < -0.4 is 4.90 Å². The highest BCUT2D eigenvalue weighted by molar-refractivity contribution is 5.78. The molecule has 0 N–H and O–H groups in total. The van der Waals surface area contributed by atoms with Crippen LogP contribution in [-0.4, -0.2) is 0 Å². The zero-order valence-electron chi connectivity index (χ0n) is 23.5. The molecule has 0 radical (unpaired) electrons. The summed E-state index contributed by atoms with van der Waals surface area (Å²) in [4.78, 5) is 2.29. The van der Waals surface area contributed by atoms with Crippen LogP contribution in [0.3, 0.4) is 0 Å². The van der Waals surface area contributed by atoms with E-state index in [2.05, 4.69) is 134 Å². The SMILES string of the molecule is CC.CCCc1cccc(C#N)c1.Cc1ccc(N(c2ccccc2)c2ccc(-c3ccccc3)cc2)cc1. The molecule has 0 aromatic heterocycles. The second-order valence-corrected chi connectivity index (χ2v) is 8.98. The van der Waals surface area contributed by atoms with Crippen molar-refractivity contribution in [3.05, 3.63) is 150 Å². The van der Waals surface area contributed by atoms with Crippen molar-refractivity contribution in [1.82, 2.24) is 0 Å². The quantitative estimate of drug-likeness (QED) is 0.227. The number of benzene rings is 5. The molecule has 0 aliphatic heterocycles. The number of rotatable bonds is 6. The average molecular weight is 511 g/mol. The van der Waals surface area contributed by atoms with Gasteiger partial charge in [0.25, 0.3) is 0 Å². The summed E-state index contributed by atoms with van der Waals surface area (Å²) in [5, 5.41) is 8.58. The normalized spacial score (nSPS) is 9.72. The molecule has 5 rings (SSSR count). The molecule has 0 heterocycles. The first-order valence-electron chi connectivity index (χ1n) is 13.7. The lowest BCUT2D eigenvalue weighted by Crippen LogP contribution is -2.09. The molecule has 196 valence electrons. The molecule has 0 aliphatic rings. The van der Waals surface area contributed by atoms with Crippen LogP contribution in [0.5, 0.6) is 0 Å². The van der Waals surface area contributed by atoms with E-state index in [1.165, 1.54) is 22.3 Å². The Morgan fingerprint density at radius 2 is 1.10 bits per heavy atom. The van der Waals surface area contributed by atoms with Gasteiger partial charge in [0.05, 0.1) is 11.6 Å². The van der Waals surface area contributed by atoms with Gasteiger partial charge in [-0.1, -0.05) is 118 Å². The monoisotopic (exact) mass is 510 g/mol. The Bertz CT molecular complexity index is 1420. The zero-order valence-corrected chi connectivity index (χ0v) is 23.5. The standard InChI is InChI=1S/C25H21N.C10H11N.C2H6/c1-20-12-16-24(17-13-20)26(23-10-6-3-7-11-23)25-18-14-22(15-19-25)21-8-4-2-5-9-21;1-2-4-9-5-3-6-10(7-9)8-11;1-2/h2-19H,1H3;3,5-7H,2,4H2,1H3;1-2H3. The maximum atomic E-state index is 8.58. The van der Waals surface area contributed by atoms with Crippen LogP contribution in [-0.2, 0) is 6.42 Å². The fraction of sp³-hybridized carbons (Fsp3) is 0.162. The number of anilines is 3. The lowest BCUT2D eigenvalue weighted by atomic mass is 10.0. The van der Waals surface area contributed by atoms with E-state index in [1.807, 2.05) is 38.1 Å². The summed E-state index contributed by atoms with van der Waals surface area (Å²) in [7, 11) is 0. The largest absolute Gasteiger partial charge is 0.311 e. The van der Waals surface area contributed by atoms with Crippen molar-refractivity contribution in [2.24, 2.45) is 0 Å². The van der Waals surface area contributed by atoms with Crippen molar-refractivity contribution in [3.63, 3.8) is 0 Å². The summed E-state index contributed by atoms with van der Waals surface area (Å²) in [6.07, 6.45) is 2.20. The minimum Gasteiger partial charge on any atom is -0.311 e. The summed E-state index contributed by atoms with van der Waals surface area (Å²) in [5.74, 6) is 0. The van der Waals surface area contributed by atoms with Crippen molar-refractivity contribution in [2.45, 2.75) is 40.5 Å². The van der Waals surface area contributed by atoms with Crippen LogP contribution in [0.4, 0.5) is 17.1 Å². The van der Waals surface area contributed by atoms with Gasteiger partial charge in [-0.3, -0.25) is 0 Å². The summed E-state index contributed by atoms with van der Waals surface area (Å²) in [6.45, 7) is 8.25. The molecule has 2 nitrogen and oxygen atoms in total. The van der Waals surface area contributed by atoms with Gasteiger partial charge in [0.2, 0.25) is 0 Å². The second kappa shape index (κ2) is 15.6. The number of nitriles is 1. The molecule has 2 heteroatoms. The Morgan fingerprint density at radius 1 is 0.590 bits per heavy atom. The van der Waals surface area contributed by atoms with E-state index in [4.69, 9.17) is 5.26 Å². The van der Waals surface area contributed by atoms with Gasteiger partial charge in [-0.25, -0.2) is 0 Å². The lowest BCUT2D eigenvalue weighted by molar-refractivity contribution is 0.921. The molecule has 0 saturated heterocycles. The second-order valence-electron chi connectivity index (χ2n) is 8.98. The Balaban J connectivity index is 0.000000272. The molecule has 0 spiro atoms. The van der Waals surface area contributed by atoms with Crippen molar-refractivity contribution in [1.29, 1.82) is 5.26 Å². The number of hydrogen-bond donors (Lipinski definition) is 0. The minimum absolute atomic E-state index is 0.760. The fourth-order valence-corrected chi connectivity index (χ4v) is 4.24. The van der Waals surface area contributed by atoms with Crippen molar-refractivity contribution in [3.8, 4) is 17.2 Å². The third-order valence-electron chi connectivity index (χ3n) is 6.13. The van der Waals surface area contributed by atoms with E-state index in [9.17, 15) is 0 Å². The predicted molar refractivity (Wildman–Crippen MR) is 168 cm³/mol. The molecular weight excluding hydrogens is 472 g/mol. The molecule has 0 fully saturated rings.